The number of benzene rings is 1. The van der Waals surface area contributed by atoms with Crippen LogP contribution in [0.25, 0.3) is 0 Å². The summed E-state index contributed by atoms with van der Waals surface area (Å²) < 4.78 is 5.75. The average Bonchev–Trinajstić information content (AvgIpc) is 2.15. The van der Waals surface area contributed by atoms with Gasteiger partial charge in [-0.1, -0.05) is 17.5 Å². The van der Waals surface area contributed by atoms with Gasteiger partial charge in [-0.3, -0.25) is 0 Å². The Morgan fingerprint density at radius 2 is 1.93 bits per heavy atom. The van der Waals surface area contributed by atoms with E-state index in [1.165, 1.54) is 0 Å². The highest BCUT2D eigenvalue weighted by molar-refractivity contribution is 6.30. The predicted molar refractivity (Wildman–Crippen MR) is 57.5 cm³/mol. The van der Waals surface area contributed by atoms with Gasteiger partial charge < -0.3 is 4.74 Å². The molecule has 0 heterocycles. The van der Waals surface area contributed by atoms with Crippen molar-refractivity contribution in [1.29, 1.82) is 0 Å². The Hall–Kier alpha value is -1.13. The molecule has 0 unspecified atom stereocenters. The van der Waals surface area contributed by atoms with Crippen LogP contribution in [0.4, 0.5) is 0 Å². The van der Waals surface area contributed by atoms with Crippen LogP contribution in [-0.4, -0.2) is 5.60 Å². The third-order valence-corrected chi connectivity index (χ3v) is 2.80. The number of hydrogen-bond donors (Lipinski definition) is 0. The molecule has 0 aliphatic heterocycles. The van der Waals surface area contributed by atoms with Crippen LogP contribution in [0.5, 0.6) is 5.75 Å². The summed E-state index contributed by atoms with van der Waals surface area (Å²) in [6.07, 6.45) is 8.50. The molecule has 0 N–H and O–H groups in total. The van der Waals surface area contributed by atoms with Crippen LogP contribution >= 0.6 is 11.6 Å². The maximum absolute atomic E-state index is 5.77. The third-order valence-electron chi connectivity index (χ3n) is 2.55. The Morgan fingerprint density at radius 3 is 2.36 bits per heavy atom. The monoisotopic (exact) mass is 206 g/mol. The molecule has 1 saturated carbocycles. The van der Waals surface area contributed by atoms with Crippen LogP contribution in [0.3, 0.4) is 0 Å². The van der Waals surface area contributed by atoms with Gasteiger partial charge in [-0.05, 0) is 43.5 Å². The van der Waals surface area contributed by atoms with Gasteiger partial charge in [-0.25, -0.2) is 0 Å². The summed E-state index contributed by atoms with van der Waals surface area (Å²) in [5.74, 6) is 3.52. The second-order valence-corrected chi connectivity index (χ2v) is 3.98. The highest BCUT2D eigenvalue weighted by atomic mass is 35.5. The van der Waals surface area contributed by atoms with Crippen molar-refractivity contribution in [3.63, 3.8) is 0 Å². The van der Waals surface area contributed by atoms with Gasteiger partial charge in [-0.15, -0.1) is 6.42 Å². The number of ether oxygens (including phenoxy) is 1. The van der Waals surface area contributed by atoms with Crippen molar-refractivity contribution in [1.82, 2.24) is 0 Å². The number of rotatable bonds is 2. The lowest BCUT2D eigenvalue weighted by Crippen LogP contribution is -2.41. The normalized spacial score (nSPS) is 18.0. The lowest BCUT2D eigenvalue weighted by molar-refractivity contribution is 0.0502. The number of terminal acetylenes is 1. The van der Waals surface area contributed by atoms with Gasteiger partial charge in [0.05, 0.1) is 0 Å². The summed E-state index contributed by atoms with van der Waals surface area (Å²) in [4.78, 5) is 0. The van der Waals surface area contributed by atoms with Crippen molar-refractivity contribution in [2.24, 2.45) is 0 Å². The molecule has 1 aromatic carbocycles. The van der Waals surface area contributed by atoms with Crippen molar-refractivity contribution in [3.8, 4) is 18.1 Å². The molecule has 0 atom stereocenters. The molecule has 0 amide bonds. The zero-order valence-corrected chi connectivity index (χ0v) is 8.55. The van der Waals surface area contributed by atoms with Gasteiger partial charge in [0.15, 0.2) is 5.60 Å². The first kappa shape index (κ1) is 9.43. The lowest BCUT2D eigenvalue weighted by atomic mass is 9.81. The van der Waals surface area contributed by atoms with Crippen molar-refractivity contribution in [2.45, 2.75) is 24.9 Å². The smallest absolute Gasteiger partial charge is 0.168 e. The summed E-state index contributed by atoms with van der Waals surface area (Å²) in [5, 5.41) is 0.709. The summed E-state index contributed by atoms with van der Waals surface area (Å²) in [5.41, 5.74) is -0.353. The Morgan fingerprint density at radius 1 is 1.29 bits per heavy atom. The molecule has 72 valence electrons. The second kappa shape index (κ2) is 3.55. The second-order valence-electron chi connectivity index (χ2n) is 3.55. The molecule has 1 nitrogen and oxygen atoms in total. The molecule has 1 aliphatic carbocycles. The van der Waals surface area contributed by atoms with Crippen LogP contribution < -0.4 is 4.74 Å². The Bertz CT molecular complexity index is 357. The molecule has 0 bridgehead atoms. The molecular weight excluding hydrogens is 196 g/mol. The van der Waals surface area contributed by atoms with Crippen molar-refractivity contribution in [3.05, 3.63) is 29.3 Å². The topological polar surface area (TPSA) is 9.23 Å². The van der Waals surface area contributed by atoms with E-state index in [-0.39, 0.29) is 5.60 Å². The van der Waals surface area contributed by atoms with Gasteiger partial charge in [0.2, 0.25) is 0 Å². The molecule has 1 aromatic rings. The summed E-state index contributed by atoms with van der Waals surface area (Å²) in [7, 11) is 0. The van der Waals surface area contributed by atoms with Crippen molar-refractivity contribution in [2.75, 3.05) is 0 Å². The molecule has 0 saturated heterocycles. The van der Waals surface area contributed by atoms with E-state index in [2.05, 4.69) is 5.92 Å². The van der Waals surface area contributed by atoms with Crippen LogP contribution in [-0.2, 0) is 0 Å². The molecule has 14 heavy (non-hydrogen) atoms. The van der Waals surface area contributed by atoms with E-state index in [1.807, 2.05) is 12.1 Å². The zero-order valence-electron chi connectivity index (χ0n) is 7.79. The molecule has 0 spiro atoms. The third kappa shape index (κ3) is 1.71. The first-order valence-corrected chi connectivity index (χ1v) is 5.04. The molecule has 1 fully saturated rings. The van der Waals surface area contributed by atoms with Gasteiger partial charge in [0.25, 0.3) is 0 Å². The predicted octanol–water partition coefficient (Wildman–Crippen LogP) is 3.27. The van der Waals surface area contributed by atoms with Crippen LogP contribution in [0, 0.1) is 12.3 Å². The van der Waals surface area contributed by atoms with Crippen LogP contribution in [0.15, 0.2) is 24.3 Å². The van der Waals surface area contributed by atoms with Crippen molar-refractivity contribution >= 4 is 11.6 Å². The minimum absolute atomic E-state index is 0.353. The lowest BCUT2D eigenvalue weighted by Gasteiger charge is -2.37. The Kier molecular flexibility index (Phi) is 2.39. The highest BCUT2D eigenvalue weighted by Gasteiger charge is 2.37. The van der Waals surface area contributed by atoms with Gasteiger partial charge >= 0.3 is 0 Å². The molecule has 2 rings (SSSR count). The first-order valence-electron chi connectivity index (χ1n) is 4.66. The van der Waals surface area contributed by atoms with E-state index in [0.717, 1.165) is 25.0 Å². The summed E-state index contributed by atoms with van der Waals surface area (Å²) >= 11 is 5.77. The van der Waals surface area contributed by atoms with E-state index in [4.69, 9.17) is 22.8 Å². The number of halogens is 1. The minimum atomic E-state index is -0.353. The Balaban J connectivity index is 2.11. The minimum Gasteiger partial charge on any atom is -0.475 e. The van der Waals surface area contributed by atoms with Gasteiger partial charge in [0, 0.05) is 5.02 Å². The van der Waals surface area contributed by atoms with E-state index in [9.17, 15) is 0 Å². The van der Waals surface area contributed by atoms with Gasteiger partial charge in [-0.2, -0.15) is 0 Å². The fraction of sp³-hybridized carbons (Fsp3) is 0.333. The summed E-state index contributed by atoms with van der Waals surface area (Å²) in [6, 6.07) is 7.30. The fourth-order valence-corrected chi connectivity index (χ4v) is 1.63. The molecule has 1 aliphatic rings. The van der Waals surface area contributed by atoms with Crippen molar-refractivity contribution < 1.29 is 4.74 Å². The van der Waals surface area contributed by atoms with Gasteiger partial charge in [0.1, 0.15) is 5.75 Å². The van der Waals surface area contributed by atoms with E-state index >= 15 is 0 Å². The number of hydrogen-bond acceptors (Lipinski definition) is 1. The SMILES string of the molecule is C#CC1(Oc2ccc(Cl)cc2)CCC1. The largest absolute Gasteiger partial charge is 0.475 e. The first-order chi connectivity index (χ1) is 6.74. The van der Waals surface area contributed by atoms with Crippen LogP contribution in [0.1, 0.15) is 19.3 Å². The zero-order chi connectivity index (χ0) is 10.0. The maximum atomic E-state index is 5.77. The Labute approximate surface area is 89.0 Å². The highest BCUT2D eigenvalue weighted by Crippen LogP contribution is 2.36. The summed E-state index contributed by atoms with van der Waals surface area (Å²) in [6.45, 7) is 0. The standard InChI is InChI=1S/C12H11ClO/c1-2-12(8-3-9-12)14-11-6-4-10(13)5-7-11/h1,4-7H,3,8-9H2. The quantitative estimate of drug-likeness (QED) is 0.675. The van der Waals surface area contributed by atoms with Crippen LogP contribution in [0.2, 0.25) is 5.02 Å². The molecule has 0 radical (unpaired) electrons. The molecular formula is C12H11ClO. The average molecular weight is 207 g/mol. The maximum Gasteiger partial charge on any atom is 0.168 e. The van der Waals surface area contributed by atoms with E-state index < -0.39 is 0 Å². The van der Waals surface area contributed by atoms with E-state index in [0.29, 0.717) is 5.02 Å². The van der Waals surface area contributed by atoms with E-state index in [1.54, 1.807) is 12.1 Å². The molecule has 0 aromatic heterocycles. The fourth-order valence-electron chi connectivity index (χ4n) is 1.50. The molecule has 2 heteroatoms.